The van der Waals surface area contributed by atoms with Crippen LogP contribution in [0, 0.1) is 11.8 Å². The Bertz CT molecular complexity index is 585. The van der Waals surface area contributed by atoms with E-state index < -0.39 is 10.0 Å². The van der Waals surface area contributed by atoms with Crippen LogP contribution in [0.2, 0.25) is 0 Å². The summed E-state index contributed by atoms with van der Waals surface area (Å²) in [5.74, 6) is -0.0711. The fourth-order valence-electron chi connectivity index (χ4n) is 1.58. The number of amides is 1. The summed E-state index contributed by atoms with van der Waals surface area (Å²) < 4.78 is 26.4. The average Bonchev–Trinajstić information content (AvgIpc) is 2.44. The smallest absolute Gasteiger partial charge is 0.240 e. The van der Waals surface area contributed by atoms with Gasteiger partial charge in [-0.3, -0.25) is 4.79 Å². The molecule has 1 atom stereocenters. The zero-order chi connectivity index (χ0) is 16.0. The third kappa shape index (κ3) is 5.11. The maximum absolute atomic E-state index is 12.0. The number of nitrogens with one attached hydrogen (secondary N) is 2. The Morgan fingerprint density at radius 2 is 1.95 bits per heavy atom. The zero-order valence-corrected chi connectivity index (χ0v) is 13.4. The molecule has 21 heavy (non-hydrogen) atoms. The Morgan fingerprint density at radius 1 is 1.29 bits per heavy atom. The van der Waals surface area contributed by atoms with E-state index in [1.165, 1.54) is 12.1 Å². The first kappa shape index (κ1) is 17.6. The molecule has 1 aromatic rings. The highest BCUT2D eigenvalue weighted by atomic mass is 32.2. The van der Waals surface area contributed by atoms with Crippen molar-refractivity contribution in [1.29, 1.82) is 0 Å². The van der Waals surface area contributed by atoms with Crippen molar-refractivity contribution < 1.29 is 13.2 Å². The van der Waals surface area contributed by atoms with E-state index in [9.17, 15) is 13.2 Å². The Balaban J connectivity index is 2.89. The average molecular weight is 313 g/mol. The Morgan fingerprint density at radius 3 is 2.52 bits per heavy atom. The molecule has 6 nitrogen and oxygen atoms in total. The highest BCUT2D eigenvalue weighted by molar-refractivity contribution is 7.89. The maximum atomic E-state index is 12.0. The number of rotatable bonds is 7. The van der Waals surface area contributed by atoms with E-state index in [-0.39, 0.29) is 35.7 Å². The second kappa shape index (κ2) is 7.53. The van der Waals surface area contributed by atoms with E-state index >= 15 is 0 Å². The molecule has 1 unspecified atom stereocenters. The molecule has 1 amide bonds. The molecule has 0 radical (unpaired) electrons. The van der Waals surface area contributed by atoms with Crippen LogP contribution in [0.25, 0.3) is 0 Å². The highest BCUT2D eigenvalue weighted by Gasteiger charge is 2.18. The number of sulfonamides is 1. The number of anilines is 1. The summed E-state index contributed by atoms with van der Waals surface area (Å²) in [5.41, 5.74) is 5.75. The van der Waals surface area contributed by atoms with Crippen molar-refractivity contribution in [3.63, 3.8) is 0 Å². The molecule has 0 saturated heterocycles. The van der Waals surface area contributed by atoms with Crippen LogP contribution in [0.4, 0.5) is 5.69 Å². The van der Waals surface area contributed by atoms with Gasteiger partial charge in [0, 0.05) is 24.7 Å². The number of carbonyl (C=O) groups is 1. The van der Waals surface area contributed by atoms with Crippen LogP contribution in [0.1, 0.15) is 20.8 Å². The lowest BCUT2D eigenvalue weighted by atomic mass is 9.97. The van der Waals surface area contributed by atoms with Crippen molar-refractivity contribution in [1.82, 2.24) is 4.72 Å². The van der Waals surface area contributed by atoms with Gasteiger partial charge in [-0.15, -0.1) is 0 Å². The molecule has 0 bridgehead atoms. The second-order valence-corrected chi connectivity index (χ2v) is 7.00. The van der Waals surface area contributed by atoms with Gasteiger partial charge in [0.1, 0.15) is 0 Å². The molecule has 0 spiro atoms. The molecular formula is C14H23N3O3S. The van der Waals surface area contributed by atoms with E-state index in [1.54, 1.807) is 12.1 Å². The first-order valence-corrected chi connectivity index (χ1v) is 8.37. The molecule has 0 aliphatic heterocycles. The van der Waals surface area contributed by atoms with E-state index in [1.807, 2.05) is 20.8 Å². The van der Waals surface area contributed by atoms with Gasteiger partial charge in [-0.2, -0.15) is 0 Å². The van der Waals surface area contributed by atoms with Gasteiger partial charge < -0.3 is 11.1 Å². The molecule has 0 fully saturated rings. The fourth-order valence-corrected chi connectivity index (χ4v) is 2.67. The first-order chi connectivity index (χ1) is 9.77. The van der Waals surface area contributed by atoms with Crippen LogP contribution in [0.15, 0.2) is 29.2 Å². The number of carbonyl (C=O) groups excluding carboxylic acids is 1. The highest BCUT2D eigenvalue weighted by Crippen LogP contribution is 2.18. The Labute approximate surface area is 126 Å². The Kier molecular flexibility index (Phi) is 6.32. The van der Waals surface area contributed by atoms with Crippen LogP contribution in [0.3, 0.4) is 0 Å². The predicted octanol–water partition coefficient (Wildman–Crippen LogP) is 1.15. The molecule has 0 aromatic heterocycles. The second-order valence-electron chi connectivity index (χ2n) is 5.24. The van der Waals surface area contributed by atoms with Crippen molar-refractivity contribution in [3.8, 4) is 0 Å². The quantitative estimate of drug-likeness (QED) is 0.703. The lowest BCUT2D eigenvalue weighted by molar-refractivity contribution is -0.120. The molecule has 1 rings (SSSR count). The number of benzene rings is 1. The van der Waals surface area contributed by atoms with Crippen molar-refractivity contribution in [2.24, 2.45) is 17.6 Å². The van der Waals surface area contributed by atoms with Gasteiger partial charge in [0.05, 0.1) is 4.90 Å². The molecule has 7 heteroatoms. The predicted molar refractivity (Wildman–Crippen MR) is 83.3 cm³/mol. The van der Waals surface area contributed by atoms with Crippen LogP contribution in [-0.2, 0) is 14.8 Å². The summed E-state index contributed by atoms with van der Waals surface area (Å²) in [7, 11) is -3.60. The molecule has 1 aromatic carbocycles. The summed E-state index contributed by atoms with van der Waals surface area (Å²) in [5, 5.41) is 2.74. The molecule has 0 saturated carbocycles. The lowest BCUT2D eigenvalue weighted by Crippen LogP contribution is -2.29. The SMILES string of the molecule is CC(C)C(C)C(=O)Nc1cccc(S(=O)(=O)NCCN)c1. The lowest BCUT2D eigenvalue weighted by Gasteiger charge is -2.15. The third-order valence-corrected chi connectivity index (χ3v) is 4.72. The summed E-state index contributed by atoms with van der Waals surface area (Å²) in [4.78, 5) is 12.1. The number of hydrogen-bond acceptors (Lipinski definition) is 4. The first-order valence-electron chi connectivity index (χ1n) is 6.88. The van der Waals surface area contributed by atoms with Crippen molar-refractivity contribution in [2.75, 3.05) is 18.4 Å². The number of nitrogens with two attached hydrogens (primary N) is 1. The topological polar surface area (TPSA) is 101 Å². The van der Waals surface area contributed by atoms with Gasteiger partial charge in [0.25, 0.3) is 0 Å². The molecule has 118 valence electrons. The zero-order valence-electron chi connectivity index (χ0n) is 12.6. The van der Waals surface area contributed by atoms with Gasteiger partial charge in [-0.25, -0.2) is 13.1 Å². The minimum Gasteiger partial charge on any atom is -0.329 e. The summed E-state index contributed by atoms with van der Waals surface area (Å²) >= 11 is 0. The summed E-state index contributed by atoms with van der Waals surface area (Å²) in [6, 6.07) is 6.16. The summed E-state index contributed by atoms with van der Waals surface area (Å²) in [6.45, 7) is 6.15. The third-order valence-electron chi connectivity index (χ3n) is 3.26. The van der Waals surface area contributed by atoms with Crippen LogP contribution < -0.4 is 15.8 Å². The van der Waals surface area contributed by atoms with E-state index in [4.69, 9.17) is 5.73 Å². The maximum Gasteiger partial charge on any atom is 0.240 e. The van der Waals surface area contributed by atoms with Crippen LogP contribution in [-0.4, -0.2) is 27.4 Å². The van der Waals surface area contributed by atoms with Crippen LogP contribution in [0.5, 0.6) is 0 Å². The van der Waals surface area contributed by atoms with E-state index in [0.29, 0.717) is 5.69 Å². The number of hydrogen-bond donors (Lipinski definition) is 3. The fraction of sp³-hybridized carbons (Fsp3) is 0.500. The van der Waals surface area contributed by atoms with Gasteiger partial charge in [0.15, 0.2) is 0 Å². The minimum atomic E-state index is -3.60. The normalized spacial score (nSPS) is 13.2. The monoisotopic (exact) mass is 313 g/mol. The molecule has 0 aliphatic carbocycles. The molecular weight excluding hydrogens is 290 g/mol. The molecule has 0 heterocycles. The van der Waals surface area contributed by atoms with Gasteiger partial charge in [0.2, 0.25) is 15.9 Å². The van der Waals surface area contributed by atoms with Gasteiger partial charge >= 0.3 is 0 Å². The van der Waals surface area contributed by atoms with Crippen molar-refractivity contribution in [2.45, 2.75) is 25.7 Å². The molecule has 0 aliphatic rings. The van der Waals surface area contributed by atoms with Gasteiger partial charge in [-0.05, 0) is 24.1 Å². The minimum absolute atomic E-state index is 0.103. The standard InChI is InChI=1S/C14H23N3O3S/c1-10(2)11(3)14(18)17-12-5-4-6-13(9-12)21(19,20)16-8-7-15/h4-6,9-11,16H,7-8,15H2,1-3H3,(H,17,18). The van der Waals surface area contributed by atoms with E-state index in [2.05, 4.69) is 10.0 Å². The van der Waals surface area contributed by atoms with Crippen LogP contribution >= 0.6 is 0 Å². The Hall–Kier alpha value is -1.44. The van der Waals surface area contributed by atoms with Gasteiger partial charge in [-0.1, -0.05) is 26.8 Å². The van der Waals surface area contributed by atoms with Crippen molar-refractivity contribution in [3.05, 3.63) is 24.3 Å². The summed E-state index contributed by atoms with van der Waals surface area (Å²) in [6.07, 6.45) is 0. The molecule has 4 N–H and O–H groups in total. The largest absolute Gasteiger partial charge is 0.329 e. The van der Waals surface area contributed by atoms with E-state index in [0.717, 1.165) is 0 Å². The van der Waals surface area contributed by atoms with Crippen molar-refractivity contribution >= 4 is 21.6 Å².